The van der Waals surface area contributed by atoms with E-state index in [1.54, 1.807) is 0 Å². The van der Waals surface area contributed by atoms with E-state index in [4.69, 9.17) is 14.9 Å². The molecule has 3 N–H and O–H groups in total. The van der Waals surface area contributed by atoms with Crippen LogP contribution in [0.2, 0.25) is 0 Å². The number of phenolic OH excluding ortho intramolecular Hbond substituents is 3. The molecule has 0 amide bonds. The monoisotopic (exact) mass is 234 g/mol. The van der Waals surface area contributed by atoms with Gasteiger partial charge in [-0.25, -0.2) is 0 Å². The molecule has 0 spiro atoms. The van der Waals surface area contributed by atoms with Gasteiger partial charge in [-0.3, -0.25) is 9.78 Å². The van der Waals surface area contributed by atoms with Crippen LogP contribution in [0.4, 0.5) is 0 Å². The molecule has 5 heteroatoms. The van der Waals surface area contributed by atoms with Crippen molar-refractivity contribution in [2.75, 3.05) is 0 Å². The normalized spacial score (nSPS) is 9.88. The van der Waals surface area contributed by atoms with Gasteiger partial charge in [-0.15, -0.1) is 0 Å². The number of rotatable bonds is 3. The van der Waals surface area contributed by atoms with Crippen LogP contribution in [0.3, 0.4) is 0 Å². The van der Waals surface area contributed by atoms with Crippen LogP contribution in [-0.4, -0.2) is 15.3 Å². The van der Waals surface area contributed by atoms with E-state index in [-0.39, 0.29) is 23.0 Å². The van der Waals surface area contributed by atoms with Gasteiger partial charge >= 0.3 is 0 Å². The molecule has 0 bridgehead atoms. The van der Waals surface area contributed by atoms with Gasteiger partial charge in [-0.05, 0) is 24.3 Å². The first-order chi connectivity index (χ1) is 8.13. The molecule has 17 heavy (non-hydrogen) atoms. The molecule has 0 heterocycles. The molecule has 2 rings (SSSR count). The van der Waals surface area contributed by atoms with Crippen LogP contribution in [0.1, 0.15) is 0 Å². The topological polar surface area (TPSA) is 79.2 Å². The molecule has 0 aromatic heterocycles. The fourth-order valence-electron chi connectivity index (χ4n) is 1.21. The van der Waals surface area contributed by atoms with Gasteiger partial charge in [-0.2, -0.15) is 0 Å². The van der Waals surface area contributed by atoms with Gasteiger partial charge in [-0.1, -0.05) is 0 Å². The average Bonchev–Trinajstić information content (AvgIpc) is 2.27. The fraction of sp³-hybridized carbons (Fsp3) is 0. The maximum atomic E-state index is 9.20. The number of hydrogen-bond donors (Lipinski definition) is 3. The van der Waals surface area contributed by atoms with Crippen LogP contribution in [0, 0.1) is 0 Å². The van der Waals surface area contributed by atoms with E-state index >= 15 is 0 Å². The second-order valence-electron chi connectivity index (χ2n) is 3.35. The van der Waals surface area contributed by atoms with Gasteiger partial charge in [0.15, 0.2) is 11.5 Å². The standard InChI is InChI=1S/C12H10O5/c13-8-1-3-11(4-2-8)16-17-12-6-9(14)5-10(15)7-12/h1-7,13-15H. The highest BCUT2D eigenvalue weighted by atomic mass is 17.2. The zero-order valence-corrected chi connectivity index (χ0v) is 8.70. The summed E-state index contributed by atoms with van der Waals surface area (Å²) in [6, 6.07) is 9.67. The third kappa shape index (κ3) is 2.94. The first-order valence-electron chi connectivity index (χ1n) is 4.80. The Morgan fingerprint density at radius 2 is 1.12 bits per heavy atom. The van der Waals surface area contributed by atoms with E-state index in [1.807, 2.05) is 0 Å². The summed E-state index contributed by atoms with van der Waals surface area (Å²) in [5.74, 6) is 0.400. The predicted molar refractivity (Wildman–Crippen MR) is 59.1 cm³/mol. The van der Waals surface area contributed by atoms with E-state index in [2.05, 4.69) is 0 Å². The molecule has 0 atom stereocenters. The summed E-state index contributed by atoms with van der Waals surface area (Å²) in [5.41, 5.74) is 0. The summed E-state index contributed by atoms with van der Waals surface area (Å²) in [6.45, 7) is 0. The third-order valence-electron chi connectivity index (χ3n) is 1.95. The lowest BCUT2D eigenvalue weighted by atomic mass is 10.3. The molecule has 0 aliphatic carbocycles. The Bertz CT molecular complexity index is 487. The molecule has 0 aliphatic rings. The first kappa shape index (κ1) is 10.9. The third-order valence-corrected chi connectivity index (χ3v) is 1.95. The molecular formula is C12H10O5. The molecule has 0 radical (unpaired) electrons. The highest BCUT2D eigenvalue weighted by Crippen LogP contribution is 2.26. The van der Waals surface area contributed by atoms with Gasteiger partial charge in [0, 0.05) is 18.2 Å². The highest BCUT2D eigenvalue weighted by molar-refractivity contribution is 5.40. The minimum Gasteiger partial charge on any atom is -0.508 e. The van der Waals surface area contributed by atoms with Crippen molar-refractivity contribution in [2.24, 2.45) is 0 Å². The lowest BCUT2D eigenvalue weighted by molar-refractivity contribution is -0.100. The number of benzene rings is 2. The van der Waals surface area contributed by atoms with Gasteiger partial charge in [0.05, 0.1) is 0 Å². The second kappa shape index (κ2) is 4.52. The molecule has 88 valence electrons. The smallest absolute Gasteiger partial charge is 0.186 e. The van der Waals surface area contributed by atoms with Crippen molar-refractivity contribution in [3.63, 3.8) is 0 Å². The first-order valence-corrected chi connectivity index (χ1v) is 4.80. The minimum absolute atomic E-state index is 0.118. The Morgan fingerprint density at radius 3 is 1.71 bits per heavy atom. The van der Waals surface area contributed by atoms with E-state index in [0.29, 0.717) is 5.75 Å². The SMILES string of the molecule is Oc1ccc(OOc2cc(O)cc(O)c2)cc1. The molecule has 2 aromatic rings. The van der Waals surface area contributed by atoms with Crippen LogP contribution in [0.25, 0.3) is 0 Å². The van der Waals surface area contributed by atoms with E-state index in [1.165, 1.54) is 42.5 Å². The predicted octanol–water partition coefficient (Wildman–Crippen LogP) is 2.18. The van der Waals surface area contributed by atoms with Gasteiger partial charge in [0.1, 0.15) is 17.2 Å². The molecule has 0 aliphatic heterocycles. The zero-order valence-electron chi connectivity index (χ0n) is 8.70. The van der Waals surface area contributed by atoms with Gasteiger partial charge in [0.25, 0.3) is 0 Å². The van der Waals surface area contributed by atoms with Crippen molar-refractivity contribution in [1.82, 2.24) is 0 Å². The molecular weight excluding hydrogens is 224 g/mol. The van der Waals surface area contributed by atoms with Crippen LogP contribution >= 0.6 is 0 Å². The van der Waals surface area contributed by atoms with Crippen molar-refractivity contribution in [3.05, 3.63) is 42.5 Å². The van der Waals surface area contributed by atoms with Crippen molar-refractivity contribution < 1.29 is 25.1 Å². The van der Waals surface area contributed by atoms with Gasteiger partial charge in [0.2, 0.25) is 0 Å². The summed E-state index contributed by atoms with van der Waals surface area (Å²) < 4.78 is 0. The summed E-state index contributed by atoms with van der Waals surface area (Å²) in [4.78, 5) is 9.82. The highest BCUT2D eigenvalue weighted by Gasteiger charge is 2.02. The Hall–Kier alpha value is -2.56. The fourth-order valence-corrected chi connectivity index (χ4v) is 1.21. The van der Waals surface area contributed by atoms with Crippen LogP contribution in [0.15, 0.2) is 42.5 Å². The Kier molecular flexibility index (Phi) is 2.91. The van der Waals surface area contributed by atoms with E-state index in [9.17, 15) is 10.2 Å². The van der Waals surface area contributed by atoms with Crippen molar-refractivity contribution in [1.29, 1.82) is 0 Å². The number of aromatic hydroxyl groups is 3. The van der Waals surface area contributed by atoms with Crippen molar-refractivity contribution in [2.45, 2.75) is 0 Å². The second-order valence-corrected chi connectivity index (χ2v) is 3.35. The molecule has 0 saturated heterocycles. The maximum absolute atomic E-state index is 9.20. The molecule has 2 aromatic carbocycles. The van der Waals surface area contributed by atoms with E-state index < -0.39 is 0 Å². The zero-order chi connectivity index (χ0) is 12.3. The molecule has 5 nitrogen and oxygen atoms in total. The van der Waals surface area contributed by atoms with Crippen molar-refractivity contribution in [3.8, 4) is 28.7 Å². The van der Waals surface area contributed by atoms with Crippen LogP contribution in [-0.2, 0) is 0 Å². The maximum Gasteiger partial charge on any atom is 0.186 e. The average molecular weight is 234 g/mol. The summed E-state index contributed by atoms with van der Waals surface area (Å²) >= 11 is 0. The number of hydrogen-bond acceptors (Lipinski definition) is 5. The Balaban J connectivity index is 2.04. The molecule has 0 saturated carbocycles. The summed E-state index contributed by atoms with van der Waals surface area (Å²) in [6.07, 6.45) is 0. The minimum atomic E-state index is -0.130. The largest absolute Gasteiger partial charge is 0.508 e. The van der Waals surface area contributed by atoms with Crippen LogP contribution in [0.5, 0.6) is 28.7 Å². The lowest BCUT2D eigenvalue weighted by Gasteiger charge is -2.06. The Morgan fingerprint density at radius 1 is 0.588 bits per heavy atom. The summed E-state index contributed by atoms with van der Waals surface area (Å²) in [7, 11) is 0. The van der Waals surface area contributed by atoms with Crippen molar-refractivity contribution >= 4 is 0 Å². The van der Waals surface area contributed by atoms with Gasteiger partial charge < -0.3 is 15.3 Å². The van der Waals surface area contributed by atoms with Crippen LogP contribution < -0.4 is 9.78 Å². The number of phenols is 3. The molecule has 0 unspecified atom stereocenters. The summed E-state index contributed by atoms with van der Waals surface area (Å²) in [5, 5.41) is 27.4. The molecule has 0 fully saturated rings. The lowest BCUT2D eigenvalue weighted by Crippen LogP contribution is -1.99. The van der Waals surface area contributed by atoms with E-state index in [0.717, 1.165) is 0 Å². The quantitative estimate of drug-likeness (QED) is 0.560. The Labute approximate surface area is 97.0 Å².